The lowest BCUT2D eigenvalue weighted by Crippen LogP contribution is -2.28. The third kappa shape index (κ3) is 5.16. The predicted octanol–water partition coefficient (Wildman–Crippen LogP) is 7.32. The number of likely N-dealkylation sites (N-methyl/N-ethyl adjacent to an activating group) is 1. The molecule has 1 saturated heterocycles. The Morgan fingerprint density at radius 2 is 1.84 bits per heavy atom. The number of thioether (sulfide) groups is 1. The summed E-state index contributed by atoms with van der Waals surface area (Å²) in [5.74, 6) is -1.12. The molecule has 4 aromatic rings. The van der Waals surface area contributed by atoms with E-state index < -0.39 is 5.97 Å². The summed E-state index contributed by atoms with van der Waals surface area (Å²) >= 11 is 13.8. The Morgan fingerprint density at radius 3 is 2.54 bits per heavy atom. The van der Waals surface area contributed by atoms with Crippen LogP contribution in [0.5, 0.6) is 0 Å². The van der Waals surface area contributed by atoms with Crippen molar-refractivity contribution in [1.82, 2.24) is 9.47 Å². The Bertz CT molecular complexity index is 1590. The first-order valence-electron chi connectivity index (χ1n) is 11.5. The topological polar surface area (TPSA) is 74.9 Å². The number of hydrogen-bond donors (Lipinski definition) is 1. The van der Waals surface area contributed by atoms with Crippen molar-refractivity contribution >= 4 is 74.7 Å². The molecular weight excluding hydrogens is 529 g/mol. The molecule has 1 amide bonds. The Hall–Kier alpha value is -3.52. The van der Waals surface area contributed by atoms with Crippen LogP contribution in [0.4, 0.5) is 5.69 Å². The lowest BCUT2D eigenvalue weighted by atomic mass is 10.1. The maximum absolute atomic E-state index is 13.2. The summed E-state index contributed by atoms with van der Waals surface area (Å²) in [7, 11) is 0. The first-order chi connectivity index (χ1) is 17.8. The van der Waals surface area contributed by atoms with Crippen LogP contribution in [0, 0.1) is 0 Å². The van der Waals surface area contributed by atoms with E-state index in [2.05, 4.69) is 9.56 Å². The van der Waals surface area contributed by atoms with Crippen molar-refractivity contribution in [3.63, 3.8) is 0 Å². The number of rotatable bonds is 6. The molecule has 1 fully saturated rings. The normalized spacial score (nSPS) is 15.9. The number of amides is 1. The van der Waals surface area contributed by atoms with Crippen LogP contribution in [0.2, 0.25) is 10.0 Å². The van der Waals surface area contributed by atoms with Crippen molar-refractivity contribution in [2.45, 2.75) is 13.5 Å². The van der Waals surface area contributed by atoms with Gasteiger partial charge in [0.15, 0.2) is 5.17 Å². The Morgan fingerprint density at radius 1 is 1.08 bits per heavy atom. The van der Waals surface area contributed by atoms with Crippen molar-refractivity contribution in [2.24, 2.45) is 4.99 Å². The number of nitrogens with zero attached hydrogens (tertiary/aromatic N) is 3. The van der Waals surface area contributed by atoms with E-state index in [1.165, 1.54) is 23.9 Å². The Kier molecular flexibility index (Phi) is 7.11. The van der Waals surface area contributed by atoms with E-state index in [0.717, 1.165) is 22.0 Å². The van der Waals surface area contributed by atoms with Crippen LogP contribution in [0.25, 0.3) is 17.0 Å². The fourth-order valence-electron chi connectivity index (χ4n) is 4.15. The molecule has 0 atom stereocenters. The number of amidine groups is 1. The first-order valence-corrected chi connectivity index (χ1v) is 13.1. The predicted molar refractivity (Wildman–Crippen MR) is 151 cm³/mol. The molecule has 3 aromatic carbocycles. The van der Waals surface area contributed by atoms with Gasteiger partial charge in [-0.25, -0.2) is 9.79 Å². The quantitative estimate of drug-likeness (QED) is 0.255. The number of carbonyl (C=O) groups excluding carboxylic acids is 1. The zero-order valence-corrected chi connectivity index (χ0v) is 22.0. The number of aromatic nitrogens is 1. The van der Waals surface area contributed by atoms with E-state index in [1.807, 2.05) is 55.6 Å². The third-order valence-corrected chi connectivity index (χ3v) is 7.60. The number of fused-ring (bicyclic) bond motifs is 1. The SMILES string of the molecule is CCN1C(=O)C(=Cc2cn(Cc3ccc(Cl)cc3Cl)c3ccccc23)SC1=Nc1ccc(C(=O)O)cc1. The molecule has 186 valence electrons. The summed E-state index contributed by atoms with van der Waals surface area (Å²) in [6, 6.07) is 19.7. The molecule has 1 aromatic heterocycles. The Balaban J connectivity index is 1.49. The highest BCUT2D eigenvalue weighted by atomic mass is 35.5. The fourth-order valence-corrected chi connectivity index (χ4v) is 5.68. The first kappa shape index (κ1) is 25.1. The lowest BCUT2D eigenvalue weighted by Gasteiger charge is -2.12. The van der Waals surface area contributed by atoms with Crippen LogP contribution in [0.1, 0.15) is 28.4 Å². The van der Waals surface area contributed by atoms with Gasteiger partial charge in [-0.3, -0.25) is 9.69 Å². The number of aliphatic imine (C=N–C) groups is 1. The molecule has 0 radical (unpaired) electrons. The van der Waals surface area contributed by atoms with Gasteiger partial charge in [0.1, 0.15) is 0 Å². The smallest absolute Gasteiger partial charge is 0.335 e. The maximum atomic E-state index is 13.2. The minimum atomic E-state index is -0.998. The number of para-hydroxylation sites is 1. The largest absolute Gasteiger partial charge is 0.478 e. The monoisotopic (exact) mass is 549 g/mol. The summed E-state index contributed by atoms with van der Waals surface area (Å²) in [5.41, 5.74) is 3.65. The minimum absolute atomic E-state index is 0.119. The van der Waals surface area contributed by atoms with E-state index in [0.29, 0.717) is 38.9 Å². The fraction of sp³-hybridized carbons (Fsp3) is 0.107. The van der Waals surface area contributed by atoms with Crippen LogP contribution >= 0.6 is 35.0 Å². The molecule has 1 aliphatic heterocycles. The number of carbonyl (C=O) groups is 2. The molecule has 2 heterocycles. The average molecular weight is 550 g/mol. The average Bonchev–Trinajstić information content (AvgIpc) is 3.37. The molecular formula is C28H21Cl2N3O3S. The van der Waals surface area contributed by atoms with Crippen molar-refractivity contribution in [1.29, 1.82) is 0 Å². The minimum Gasteiger partial charge on any atom is -0.478 e. The molecule has 1 aliphatic rings. The number of benzene rings is 3. The van der Waals surface area contributed by atoms with Gasteiger partial charge >= 0.3 is 5.97 Å². The van der Waals surface area contributed by atoms with Crippen molar-refractivity contribution in [3.05, 3.63) is 105 Å². The number of hydrogen-bond acceptors (Lipinski definition) is 4. The van der Waals surface area contributed by atoms with Gasteiger partial charge in [0.2, 0.25) is 0 Å². The summed E-state index contributed by atoms with van der Waals surface area (Å²) in [4.78, 5) is 31.2. The van der Waals surface area contributed by atoms with E-state index in [4.69, 9.17) is 28.3 Å². The lowest BCUT2D eigenvalue weighted by molar-refractivity contribution is -0.122. The number of halogens is 2. The van der Waals surface area contributed by atoms with E-state index >= 15 is 0 Å². The second kappa shape index (κ2) is 10.5. The third-order valence-electron chi connectivity index (χ3n) is 6.01. The van der Waals surface area contributed by atoms with Gasteiger partial charge in [-0.2, -0.15) is 0 Å². The molecule has 0 spiro atoms. The molecule has 0 aliphatic carbocycles. The standard InChI is InChI=1S/C28H21Cl2N3O3S/c1-2-33-26(34)25(37-28(33)31-21-11-8-17(9-12-21)27(35)36)13-19-16-32(24-6-4-3-5-22(19)24)15-18-7-10-20(29)14-23(18)30/h3-14,16H,2,15H2,1H3,(H,35,36). The number of carboxylic acid groups (broad SMARTS) is 1. The second-order valence-corrected chi connectivity index (χ2v) is 10.2. The van der Waals surface area contributed by atoms with Crippen LogP contribution < -0.4 is 0 Å². The van der Waals surface area contributed by atoms with Gasteiger partial charge in [-0.15, -0.1) is 0 Å². The van der Waals surface area contributed by atoms with Crippen molar-refractivity contribution in [3.8, 4) is 0 Å². The van der Waals surface area contributed by atoms with E-state index in [1.54, 1.807) is 23.1 Å². The second-order valence-electron chi connectivity index (χ2n) is 8.37. The zero-order valence-electron chi connectivity index (χ0n) is 19.7. The molecule has 9 heteroatoms. The van der Waals surface area contributed by atoms with Crippen LogP contribution in [0.3, 0.4) is 0 Å². The van der Waals surface area contributed by atoms with Crippen molar-refractivity contribution in [2.75, 3.05) is 6.54 Å². The van der Waals surface area contributed by atoms with Crippen LogP contribution in [-0.4, -0.2) is 38.2 Å². The van der Waals surface area contributed by atoms with Crippen LogP contribution in [0.15, 0.2) is 82.8 Å². The highest BCUT2D eigenvalue weighted by Crippen LogP contribution is 2.36. The van der Waals surface area contributed by atoms with Gasteiger partial charge in [0.05, 0.1) is 16.2 Å². The van der Waals surface area contributed by atoms with E-state index in [9.17, 15) is 9.59 Å². The summed E-state index contributed by atoms with van der Waals surface area (Å²) < 4.78 is 2.11. The number of aromatic carboxylic acids is 1. The molecule has 0 unspecified atom stereocenters. The van der Waals surface area contributed by atoms with Crippen LogP contribution in [-0.2, 0) is 11.3 Å². The van der Waals surface area contributed by atoms with Gasteiger partial charge in [-0.1, -0.05) is 47.5 Å². The maximum Gasteiger partial charge on any atom is 0.335 e. The number of carboxylic acids is 1. The van der Waals surface area contributed by atoms with Gasteiger partial charge in [0.25, 0.3) is 5.91 Å². The molecule has 1 N–H and O–H groups in total. The van der Waals surface area contributed by atoms with E-state index in [-0.39, 0.29) is 11.5 Å². The van der Waals surface area contributed by atoms with Gasteiger partial charge in [-0.05, 0) is 72.8 Å². The summed E-state index contributed by atoms with van der Waals surface area (Å²) in [5, 5.41) is 11.9. The molecule has 5 rings (SSSR count). The summed E-state index contributed by atoms with van der Waals surface area (Å²) in [6.45, 7) is 2.92. The van der Waals surface area contributed by atoms with Gasteiger partial charge < -0.3 is 9.67 Å². The van der Waals surface area contributed by atoms with Gasteiger partial charge in [0, 0.05) is 45.8 Å². The molecule has 6 nitrogen and oxygen atoms in total. The molecule has 37 heavy (non-hydrogen) atoms. The molecule has 0 saturated carbocycles. The Labute approximate surface area is 227 Å². The molecule has 0 bridgehead atoms. The highest BCUT2D eigenvalue weighted by molar-refractivity contribution is 8.18. The zero-order chi connectivity index (χ0) is 26.1. The highest BCUT2D eigenvalue weighted by Gasteiger charge is 2.32. The summed E-state index contributed by atoms with van der Waals surface area (Å²) in [6.07, 6.45) is 3.92. The van der Waals surface area contributed by atoms with Crippen molar-refractivity contribution < 1.29 is 14.7 Å².